The van der Waals surface area contributed by atoms with Gasteiger partial charge in [0.15, 0.2) is 0 Å². The summed E-state index contributed by atoms with van der Waals surface area (Å²) < 4.78 is 2.92. The second-order valence-corrected chi connectivity index (χ2v) is 13.7. The van der Waals surface area contributed by atoms with Gasteiger partial charge in [0, 0.05) is 0 Å². The van der Waals surface area contributed by atoms with Crippen LogP contribution in [0.3, 0.4) is 0 Å². The zero-order chi connectivity index (χ0) is 25.9. The summed E-state index contributed by atoms with van der Waals surface area (Å²) in [5.74, 6) is 0.722. The van der Waals surface area contributed by atoms with Crippen molar-refractivity contribution in [2.75, 3.05) is 0 Å². The molecule has 0 amide bonds. The maximum absolute atomic E-state index is 6.63. The number of hydrogen-bond donors (Lipinski definition) is 0. The van der Waals surface area contributed by atoms with Crippen LogP contribution in [0, 0.1) is 6.92 Å². The molecule has 0 N–H and O–H groups in total. The average molecular weight is 617 g/mol. The molecule has 1 aromatic heterocycles. The molecule has 0 radical (unpaired) electrons. The Hall–Kier alpha value is -1.49. The summed E-state index contributed by atoms with van der Waals surface area (Å²) in [5.41, 5.74) is 8.96. The fraction of sp³-hybridized carbons (Fsp3) is 0.321. The molecule has 7 heteroatoms. The molecule has 0 spiro atoms. The Kier molecular flexibility index (Phi) is 9.76. The normalized spacial score (nSPS) is 13.1. The Morgan fingerprint density at radius 2 is 1.23 bits per heavy atom. The molecule has 0 atom stereocenters. The molecule has 187 valence electrons. The summed E-state index contributed by atoms with van der Waals surface area (Å²) in [6.45, 7) is 14.9. The average Bonchev–Trinajstić information content (AvgIpc) is 2.80. The molecule has 3 nitrogen and oxygen atoms in total. The minimum absolute atomic E-state index is 0.361. The summed E-state index contributed by atoms with van der Waals surface area (Å²) in [7, 11) is 13.3. The third-order valence-electron chi connectivity index (χ3n) is 5.87. The Bertz CT molecular complexity index is 1240. The fourth-order valence-electron chi connectivity index (χ4n) is 3.99. The predicted molar refractivity (Wildman–Crippen MR) is 151 cm³/mol. The van der Waals surface area contributed by atoms with Gasteiger partial charge in [-0.25, -0.2) is 0 Å². The van der Waals surface area contributed by atoms with E-state index in [-0.39, 0.29) is 0 Å². The van der Waals surface area contributed by atoms with Crippen LogP contribution >= 0.6 is 36.1 Å². The number of para-hydroxylation sites is 2. The summed E-state index contributed by atoms with van der Waals surface area (Å²) in [6, 6.07) is 18.6. The minimum atomic E-state index is -1.72. The molecule has 0 aliphatic rings. The van der Waals surface area contributed by atoms with E-state index in [2.05, 4.69) is 61.8 Å². The summed E-state index contributed by atoms with van der Waals surface area (Å²) in [5, 5.41) is 0. The molecule has 0 bridgehead atoms. The van der Waals surface area contributed by atoms with Gasteiger partial charge in [0.05, 0.1) is 0 Å². The predicted octanol–water partition coefficient (Wildman–Crippen LogP) is 9.26. The number of aryl methyl sites for hydroxylation is 1. The number of pyridine rings is 1. The molecule has 3 aromatic rings. The van der Waals surface area contributed by atoms with E-state index >= 15 is 0 Å². The van der Waals surface area contributed by atoms with Crippen LogP contribution in [0.1, 0.15) is 81.5 Å². The first-order valence-corrected chi connectivity index (χ1v) is 15.9. The van der Waals surface area contributed by atoms with Gasteiger partial charge in [0.1, 0.15) is 0 Å². The molecule has 3 rings (SSSR count). The van der Waals surface area contributed by atoms with E-state index in [9.17, 15) is 0 Å². The Morgan fingerprint density at radius 3 is 1.69 bits per heavy atom. The summed E-state index contributed by atoms with van der Waals surface area (Å²) in [6.07, 6.45) is 0. The van der Waals surface area contributed by atoms with Gasteiger partial charge in [0.25, 0.3) is 0 Å². The van der Waals surface area contributed by atoms with Crippen LogP contribution < -0.4 is 3.58 Å². The van der Waals surface area contributed by atoms with Crippen molar-refractivity contribution in [2.24, 2.45) is 9.98 Å². The zero-order valence-corrected chi connectivity index (χ0v) is 25.4. The topological polar surface area (TPSA) is 28.6 Å². The van der Waals surface area contributed by atoms with E-state index in [1.54, 1.807) is 0 Å². The van der Waals surface area contributed by atoms with Crippen molar-refractivity contribution in [1.82, 2.24) is 0 Å². The number of benzene rings is 2. The molecule has 0 unspecified atom stereocenters. The van der Waals surface area contributed by atoms with Crippen molar-refractivity contribution in [3.8, 4) is 0 Å². The van der Waals surface area contributed by atoms with E-state index in [4.69, 9.17) is 30.2 Å². The van der Waals surface area contributed by atoms with Gasteiger partial charge in [-0.2, -0.15) is 0 Å². The van der Waals surface area contributed by atoms with E-state index in [0.717, 1.165) is 44.2 Å². The number of rotatable bonds is 7. The first-order valence-electron chi connectivity index (χ1n) is 11.6. The zero-order valence-electron chi connectivity index (χ0n) is 21.2. The number of halogens is 3. The molecule has 0 aliphatic heterocycles. The molecule has 0 fully saturated rings. The van der Waals surface area contributed by atoms with Crippen molar-refractivity contribution in [3.05, 3.63) is 87.1 Å². The maximum atomic E-state index is 6.63. The van der Waals surface area contributed by atoms with Gasteiger partial charge in [-0.3, -0.25) is 0 Å². The molecule has 1 heterocycles. The Morgan fingerprint density at radius 1 is 0.771 bits per heavy atom. The molecule has 35 heavy (non-hydrogen) atoms. The van der Waals surface area contributed by atoms with Gasteiger partial charge in [-0.15, -0.1) is 0 Å². The van der Waals surface area contributed by atoms with Gasteiger partial charge in [-0.05, 0) is 0 Å². The van der Waals surface area contributed by atoms with Crippen LogP contribution in [0.15, 0.2) is 69.1 Å². The van der Waals surface area contributed by atoms with E-state index in [0.29, 0.717) is 11.8 Å². The van der Waals surface area contributed by atoms with Crippen molar-refractivity contribution in [2.45, 2.75) is 60.3 Å². The van der Waals surface area contributed by atoms with Crippen molar-refractivity contribution < 1.29 is 15.9 Å². The quantitative estimate of drug-likeness (QED) is 0.187. The van der Waals surface area contributed by atoms with Crippen molar-refractivity contribution >= 4 is 58.9 Å². The van der Waals surface area contributed by atoms with Gasteiger partial charge >= 0.3 is 232 Å². The van der Waals surface area contributed by atoms with Gasteiger partial charge < -0.3 is 0 Å². The summed E-state index contributed by atoms with van der Waals surface area (Å²) in [4.78, 5) is 10.1. The van der Waals surface area contributed by atoms with E-state index < -0.39 is 12.3 Å². The van der Waals surface area contributed by atoms with E-state index in [1.807, 2.05) is 60.8 Å². The first kappa shape index (κ1) is 28.1. The van der Waals surface area contributed by atoms with Crippen LogP contribution in [0.25, 0.3) is 0 Å². The number of nitrogens with zero attached hydrogens (tertiary/aromatic N) is 3. The van der Waals surface area contributed by atoms with Crippen LogP contribution in [-0.4, -0.2) is 11.4 Å². The van der Waals surface area contributed by atoms with Crippen LogP contribution in [0.2, 0.25) is 0 Å². The molecule has 2 aromatic carbocycles. The van der Waals surface area contributed by atoms with Crippen LogP contribution in [-0.2, 0) is 12.3 Å². The van der Waals surface area contributed by atoms with Gasteiger partial charge in [0.2, 0.25) is 0 Å². The Balaban J connectivity index is 2.21. The van der Waals surface area contributed by atoms with Gasteiger partial charge in [-0.1, -0.05) is 0 Å². The SMILES string of the molecule is CC(=Nc1c(C)cccc1Br)c1cccc(C(C)=Nc2c(C(C)C)cccc2C(C)C)[n+]1[Fe]([Cl])[Cl]. The fourth-order valence-corrected chi connectivity index (χ4v) is 6.53. The first-order chi connectivity index (χ1) is 16.5. The monoisotopic (exact) mass is 615 g/mol. The van der Waals surface area contributed by atoms with Crippen LogP contribution in [0.5, 0.6) is 0 Å². The summed E-state index contributed by atoms with van der Waals surface area (Å²) >= 11 is 1.90. The van der Waals surface area contributed by atoms with E-state index in [1.165, 1.54) is 11.1 Å². The van der Waals surface area contributed by atoms with Crippen molar-refractivity contribution in [1.29, 1.82) is 0 Å². The molecule has 0 aliphatic carbocycles. The third-order valence-corrected chi connectivity index (χ3v) is 8.40. The molecule has 0 saturated heterocycles. The second kappa shape index (κ2) is 12.2. The molecule has 0 saturated carbocycles. The number of aliphatic imine (C=N–C) groups is 2. The number of aromatic nitrogens is 1. The standard InChI is InChI=1S/C28H32BrN3.2ClH.Fe/c1-17(2)22-12-9-13-23(18(3)4)28(22)31-21(7)26-16-10-15-25(32-26)20(6)30-27-19(5)11-8-14-24(27)29;;;/h8-18H,1-7H3;2*1H;/q;;;+3/p-2. The third kappa shape index (κ3) is 6.45. The van der Waals surface area contributed by atoms with Crippen LogP contribution in [0.4, 0.5) is 11.4 Å². The second-order valence-electron chi connectivity index (χ2n) is 9.13. The molecular formula is C28H32BrCl2FeN3+. The van der Waals surface area contributed by atoms with Crippen molar-refractivity contribution in [3.63, 3.8) is 0 Å². The number of hydrogen-bond acceptors (Lipinski definition) is 2. The molecular weight excluding hydrogens is 585 g/mol. The Labute approximate surface area is 231 Å².